The van der Waals surface area contributed by atoms with Crippen molar-refractivity contribution in [2.45, 2.75) is 39.5 Å². The van der Waals surface area contributed by atoms with Crippen LogP contribution in [0.5, 0.6) is 0 Å². The fourth-order valence-corrected chi connectivity index (χ4v) is 3.13. The molecule has 0 unspecified atom stereocenters. The van der Waals surface area contributed by atoms with Crippen molar-refractivity contribution in [3.05, 3.63) is 41.7 Å². The number of piperidine rings is 1. The molecule has 2 aromatic rings. The van der Waals surface area contributed by atoms with E-state index in [0.717, 1.165) is 30.9 Å². The maximum atomic E-state index is 12.3. The molecule has 128 valence electrons. The van der Waals surface area contributed by atoms with E-state index < -0.39 is 0 Å². The summed E-state index contributed by atoms with van der Waals surface area (Å²) in [4.78, 5) is 14.7. The highest BCUT2D eigenvalue weighted by Crippen LogP contribution is 2.22. The molecule has 1 aromatic heterocycles. The first-order valence-electron chi connectivity index (χ1n) is 8.82. The molecule has 2 N–H and O–H groups in total. The Hall–Kier alpha value is -2.30. The maximum absolute atomic E-state index is 12.3. The van der Waals surface area contributed by atoms with Crippen LogP contribution in [0.3, 0.4) is 0 Å². The predicted octanol–water partition coefficient (Wildman–Crippen LogP) is 3.85. The van der Waals surface area contributed by atoms with Crippen molar-refractivity contribution >= 4 is 17.3 Å². The number of hydrogen-bond acceptors (Lipinski definition) is 3. The number of nitrogens with zero attached hydrogens (tertiary/aromatic N) is 2. The lowest BCUT2D eigenvalue weighted by molar-refractivity contribution is 0.102. The fraction of sp³-hybridized carbons (Fsp3) is 0.474. The first-order valence-corrected chi connectivity index (χ1v) is 8.82. The molecule has 5 nitrogen and oxygen atoms in total. The summed E-state index contributed by atoms with van der Waals surface area (Å²) in [7, 11) is 0. The molecule has 0 spiro atoms. The minimum Gasteiger partial charge on any atom is -0.372 e. The minimum atomic E-state index is -0.174. The molecule has 1 fully saturated rings. The summed E-state index contributed by atoms with van der Waals surface area (Å²) >= 11 is 0. The third-order valence-corrected chi connectivity index (χ3v) is 4.34. The highest BCUT2D eigenvalue weighted by molar-refractivity contribution is 6.02. The molecular weight excluding hydrogens is 300 g/mol. The van der Waals surface area contributed by atoms with E-state index in [-0.39, 0.29) is 5.91 Å². The topological polar surface area (TPSA) is 61.0 Å². The number of hydrogen-bond donors (Lipinski definition) is 2. The number of H-pyrrole nitrogens is 1. The SMILES string of the molecule is CC(C)Cc1cc(C(=O)Nc2ccc(N3CCCCC3)cc2)n[nH]1. The van der Waals surface area contributed by atoms with Gasteiger partial charge in [0.2, 0.25) is 0 Å². The third-order valence-electron chi connectivity index (χ3n) is 4.34. The van der Waals surface area contributed by atoms with Gasteiger partial charge in [-0.2, -0.15) is 5.10 Å². The molecule has 1 aromatic carbocycles. The van der Waals surface area contributed by atoms with Crippen molar-refractivity contribution in [3.8, 4) is 0 Å². The maximum Gasteiger partial charge on any atom is 0.276 e. The van der Waals surface area contributed by atoms with Gasteiger partial charge in [-0.25, -0.2) is 0 Å². The van der Waals surface area contributed by atoms with Gasteiger partial charge in [0, 0.05) is 30.2 Å². The normalized spacial score (nSPS) is 14.9. The lowest BCUT2D eigenvalue weighted by Gasteiger charge is -2.28. The molecule has 1 amide bonds. The third kappa shape index (κ3) is 4.16. The van der Waals surface area contributed by atoms with Gasteiger partial charge in [0.15, 0.2) is 5.69 Å². The van der Waals surface area contributed by atoms with Gasteiger partial charge in [0.25, 0.3) is 5.91 Å². The van der Waals surface area contributed by atoms with Crippen LogP contribution in [0.25, 0.3) is 0 Å². The zero-order chi connectivity index (χ0) is 16.9. The number of rotatable bonds is 5. The van der Waals surface area contributed by atoms with Crippen molar-refractivity contribution < 1.29 is 4.79 Å². The van der Waals surface area contributed by atoms with Gasteiger partial charge in [-0.1, -0.05) is 13.8 Å². The van der Waals surface area contributed by atoms with E-state index in [2.05, 4.69) is 46.4 Å². The second-order valence-corrected chi connectivity index (χ2v) is 6.93. The Labute approximate surface area is 143 Å². The second kappa shape index (κ2) is 7.51. The molecule has 3 rings (SSSR count). The standard InChI is InChI=1S/C19H26N4O/c1-14(2)12-16-13-18(22-21-16)19(24)20-15-6-8-17(9-7-15)23-10-4-3-5-11-23/h6-9,13-14H,3-5,10-12H2,1-2H3,(H,20,24)(H,21,22). The summed E-state index contributed by atoms with van der Waals surface area (Å²) in [5, 5.41) is 9.96. The Morgan fingerprint density at radius 1 is 1.21 bits per heavy atom. The van der Waals surface area contributed by atoms with E-state index in [1.165, 1.54) is 24.9 Å². The minimum absolute atomic E-state index is 0.174. The van der Waals surface area contributed by atoms with Crippen LogP contribution >= 0.6 is 0 Å². The van der Waals surface area contributed by atoms with Gasteiger partial charge < -0.3 is 10.2 Å². The highest BCUT2D eigenvalue weighted by Gasteiger charge is 2.13. The molecule has 1 aliphatic heterocycles. The molecule has 24 heavy (non-hydrogen) atoms. The van der Waals surface area contributed by atoms with E-state index in [4.69, 9.17) is 0 Å². The smallest absolute Gasteiger partial charge is 0.276 e. The summed E-state index contributed by atoms with van der Waals surface area (Å²) in [5.74, 6) is 0.357. The lowest BCUT2D eigenvalue weighted by Crippen LogP contribution is -2.29. The van der Waals surface area contributed by atoms with E-state index in [1.807, 2.05) is 18.2 Å². The quantitative estimate of drug-likeness (QED) is 0.877. The molecule has 1 aliphatic rings. The van der Waals surface area contributed by atoms with Crippen LogP contribution in [0.15, 0.2) is 30.3 Å². The number of carbonyl (C=O) groups excluding carboxylic acids is 1. The van der Waals surface area contributed by atoms with Crippen molar-refractivity contribution in [2.75, 3.05) is 23.3 Å². The Balaban J connectivity index is 1.60. The second-order valence-electron chi connectivity index (χ2n) is 6.93. The molecule has 0 atom stereocenters. The van der Waals surface area contributed by atoms with Crippen LogP contribution in [0.2, 0.25) is 0 Å². The Bertz CT molecular complexity index is 669. The van der Waals surface area contributed by atoms with Crippen LogP contribution in [0.4, 0.5) is 11.4 Å². The van der Waals surface area contributed by atoms with Gasteiger partial charge in [-0.3, -0.25) is 9.89 Å². The number of aromatic nitrogens is 2. The number of carbonyl (C=O) groups is 1. The van der Waals surface area contributed by atoms with Crippen LogP contribution in [0.1, 0.15) is 49.3 Å². The van der Waals surface area contributed by atoms with E-state index in [1.54, 1.807) is 0 Å². The number of benzene rings is 1. The lowest BCUT2D eigenvalue weighted by atomic mass is 10.1. The van der Waals surface area contributed by atoms with Gasteiger partial charge in [-0.15, -0.1) is 0 Å². The van der Waals surface area contributed by atoms with Gasteiger partial charge >= 0.3 is 0 Å². The van der Waals surface area contributed by atoms with Crippen molar-refractivity contribution in [2.24, 2.45) is 5.92 Å². The van der Waals surface area contributed by atoms with Crippen LogP contribution in [-0.2, 0) is 6.42 Å². The molecular formula is C19H26N4O. The summed E-state index contributed by atoms with van der Waals surface area (Å²) < 4.78 is 0. The number of anilines is 2. The van der Waals surface area contributed by atoms with Crippen LogP contribution in [-0.4, -0.2) is 29.2 Å². The average Bonchev–Trinajstić information content (AvgIpc) is 3.04. The molecule has 0 radical (unpaired) electrons. The van der Waals surface area contributed by atoms with Gasteiger partial charge in [0.1, 0.15) is 0 Å². The van der Waals surface area contributed by atoms with Crippen LogP contribution in [0, 0.1) is 5.92 Å². The first-order chi connectivity index (χ1) is 11.6. The largest absolute Gasteiger partial charge is 0.372 e. The number of nitrogens with one attached hydrogen (secondary N) is 2. The summed E-state index contributed by atoms with van der Waals surface area (Å²) in [6.07, 6.45) is 4.74. The Morgan fingerprint density at radius 3 is 2.58 bits per heavy atom. The molecule has 0 bridgehead atoms. The molecule has 5 heteroatoms. The van der Waals surface area contributed by atoms with Crippen molar-refractivity contribution in [1.82, 2.24) is 10.2 Å². The Kier molecular flexibility index (Phi) is 5.18. The summed E-state index contributed by atoms with van der Waals surface area (Å²) in [5.41, 5.74) is 3.46. The van der Waals surface area contributed by atoms with E-state index in [0.29, 0.717) is 11.6 Å². The summed E-state index contributed by atoms with van der Waals surface area (Å²) in [6, 6.07) is 9.91. The van der Waals surface area contributed by atoms with Crippen LogP contribution < -0.4 is 10.2 Å². The van der Waals surface area contributed by atoms with Gasteiger partial charge in [-0.05, 0) is 61.9 Å². The number of aromatic amines is 1. The molecule has 0 saturated carbocycles. The zero-order valence-corrected chi connectivity index (χ0v) is 14.5. The Morgan fingerprint density at radius 2 is 1.92 bits per heavy atom. The molecule has 2 heterocycles. The van der Waals surface area contributed by atoms with Crippen molar-refractivity contribution in [3.63, 3.8) is 0 Å². The van der Waals surface area contributed by atoms with E-state index in [9.17, 15) is 4.79 Å². The first kappa shape index (κ1) is 16.6. The average molecular weight is 326 g/mol. The zero-order valence-electron chi connectivity index (χ0n) is 14.5. The van der Waals surface area contributed by atoms with E-state index >= 15 is 0 Å². The highest BCUT2D eigenvalue weighted by atomic mass is 16.1. The monoisotopic (exact) mass is 326 g/mol. The number of amides is 1. The molecule has 0 aliphatic carbocycles. The predicted molar refractivity (Wildman–Crippen MR) is 97.6 cm³/mol. The fourth-order valence-electron chi connectivity index (χ4n) is 3.13. The molecule has 1 saturated heterocycles. The summed E-state index contributed by atoms with van der Waals surface area (Å²) in [6.45, 7) is 6.53. The van der Waals surface area contributed by atoms with Crippen molar-refractivity contribution in [1.29, 1.82) is 0 Å². The van der Waals surface area contributed by atoms with Gasteiger partial charge in [0.05, 0.1) is 0 Å².